The van der Waals surface area contributed by atoms with Crippen LogP contribution in [-0.2, 0) is 13.4 Å². The Labute approximate surface area is 228 Å². The van der Waals surface area contributed by atoms with Crippen molar-refractivity contribution < 1.29 is 46.1 Å². The van der Waals surface area contributed by atoms with Crippen molar-refractivity contribution in [2.45, 2.75) is 33.6 Å². The molecule has 1 amide bonds. The molecule has 0 radical (unpaired) electrons. The molecule has 0 aliphatic carbocycles. The number of benzene rings is 1. The molecule has 4 rings (SSSR count). The molecule has 0 saturated carbocycles. The molecule has 35 heavy (non-hydrogen) atoms. The van der Waals surface area contributed by atoms with Gasteiger partial charge in [0.25, 0.3) is 5.91 Å². The number of nitrogens with zero attached hydrogens (tertiary/aromatic N) is 3. The number of rotatable bonds is 5. The first-order valence-electron chi connectivity index (χ1n) is 9.90. The van der Waals surface area contributed by atoms with Crippen LogP contribution in [0.2, 0.25) is 0 Å². The number of hydrogen-bond acceptors (Lipinski definition) is 13. The van der Waals surface area contributed by atoms with Gasteiger partial charge in [0.15, 0.2) is 11.5 Å². The summed E-state index contributed by atoms with van der Waals surface area (Å²) < 4.78 is 48.5. The second kappa shape index (κ2) is 10.3. The van der Waals surface area contributed by atoms with Crippen LogP contribution in [0.15, 0.2) is 21.2 Å². The van der Waals surface area contributed by atoms with Gasteiger partial charge in [0.05, 0.1) is 5.56 Å². The van der Waals surface area contributed by atoms with Gasteiger partial charge in [-0.1, -0.05) is 24.2 Å². The van der Waals surface area contributed by atoms with E-state index in [-0.39, 0.29) is 90.2 Å². The molecule has 1 N–H and O–H groups in total. The van der Waals surface area contributed by atoms with E-state index in [0.29, 0.717) is 5.56 Å². The van der Waals surface area contributed by atoms with Crippen molar-refractivity contribution in [3.63, 3.8) is 0 Å². The Morgan fingerprint density at radius 3 is 2.31 bits per heavy atom. The van der Waals surface area contributed by atoms with E-state index in [9.17, 15) is 23.7 Å². The first-order chi connectivity index (χ1) is 15.9. The number of fused-ring (bicyclic) bond motifs is 2. The van der Waals surface area contributed by atoms with Crippen LogP contribution in [0.3, 0.4) is 0 Å². The molecule has 0 fully saturated rings. The average Bonchev–Trinajstić information content (AvgIpc) is 3.31. The van der Waals surface area contributed by atoms with Crippen molar-refractivity contribution in [3.8, 4) is 34.2 Å². The predicted octanol–water partition coefficient (Wildman–Crippen LogP) is 1.92. The number of carbonyl (C=O) groups is 1. The number of aryl methyl sites for hydroxylation is 1. The van der Waals surface area contributed by atoms with Crippen LogP contribution in [0, 0.1) is 6.92 Å². The Hall–Kier alpha value is -1.76. The summed E-state index contributed by atoms with van der Waals surface area (Å²) in [5.41, 5.74) is 0.159. The van der Waals surface area contributed by atoms with Gasteiger partial charge < -0.3 is 33.2 Å². The molecular formula is C18H18CaN4O10P2. The molecule has 17 heteroatoms. The van der Waals surface area contributed by atoms with Gasteiger partial charge in [0.2, 0.25) is 11.7 Å². The molecule has 0 saturated heterocycles. The maximum Gasteiger partial charge on any atom is 2.00 e. The van der Waals surface area contributed by atoms with Crippen LogP contribution in [0.1, 0.15) is 48.6 Å². The molecule has 0 spiro atoms. The molecule has 2 atom stereocenters. The molecular weight excluding hydrogens is 534 g/mol. The van der Waals surface area contributed by atoms with Crippen LogP contribution in [0.5, 0.6) is 11.5 Å². The first-order valence-corrected chi connectivity index (χ1v) is 12.8. The van der Waals surface area contributed by atoms with E-state index in [2.05, 4.69) is 24.9 Å². The van der Waals surface area contributed by atoms with Crippen molar-refractivity contribution in [1.82, 2.24) is 20.6 Å². The van der Waals surface area contributed by atoms with Gasteiger partial charge in [-0.25, -0.2) is 4.31 Å². The zero-order valence-corrected chi connectivity index (χ0v) is 23.0. The van der Waals surface area contributed by atoms with E-state index in [1.54, 1.807) is 20.8 Å². The summed E-state index contributed by atoms with van der Waals surface area (Å²) in [4.78, 5) is 40.9. The zero-order chi connectivity index (χ0) is 24.8. The molecule has 182 valence electrons. The minimum atomic E-state index is -5.43. The number of carbonyl (C=O) groups excluding carboxylic acids is 1. The number of aromatic nitrogens is 3. The summed E-state index contributed by atoms with van der Waals surface area (Å²) in [6, 6.07) is 2.47. The summed E-state index contributed by atoms with van der Waals surface area (Å²) in [6.45, 7) is 7.02. The summed E-state index contributed by atoms with van der Waals surface area (Å²) >= 11 is 0. The van der Waals surface area contributed by atoms with Gasteiger partial charge >= 0.3 is 53.4 Å². The van der Waals surface area contributed by atoms with Crippen LogP contribution in [0.25, 0.3) is 22.7 Å². The first kappa shape index (κ1) is 27.8. The van der Waals surface area contributed by atoms with E-state index in [1.807, 2.05) is 0 Å². The largest absolute Gasteiger partial charge is 2.00 e. The summed E-state index contributed by atoms with van der Waals surface area (Å²) in [5, 5.41) is 10.2. The molecule has 2 aromatic heterocycles. The molecule has 3 heterocycles. The van der Waals surface area contributed by atoms with E-state index in [4.69, 9.17) is 18.1 Å². The van der Waals surface area contributed by atoms with Crippen molar-refractivity contribution >= 4 is 59.3 Å². The SMILES string of the molecule is CCNC(=O)c1noc(-c2cc(C(C)C)c3cc2OP(=O)([O-])OP(=O)([O-])O3)c1-c1noc(C)n1.[Ca+2]. The molecule has 1 aromatic carbocycles. The molecule has 1 aliphatic heterocycles. The predicted molar refractivity (Wildman–Crippen MR) is 115 cm³/mol. The van der Waals surface area contributed by atoms with Gasteiger partial charge in [0, 0.05) is 19.5 Å². The second-order valence-corrected chi connectivity index (χ2v) is 10.2. The van der Waals surface area contributed by atoms with Crippen LogP contribution < -0.4 is 24.2 Å². The topological polar surface area (TPSA) is 202 Å². The monoisotopic (exact) mass is 552 g/mol. The number of hydrogen-bond donors (Lipinski definition) is 1. The van der Waals surface area contributed by atoms with Crippen LogP contribution in [-0.4, -0.2) is 65.5 Å². The third kappa shape index (κ3) is 5.81. The number of phosphoric acid groups is 2. The van der Waals surface area contributed by atoms with E-state index in [0.717, 1.165) is 6.07 Å². The fraction of sp³-hybridized carbons (Fsp3) is 0.333. The standard InChI is InChI=1S/C18H20N4O10P2.Ca/c1-5-19-18(23)15-14(17-20-9(4)28-22-17)16(29-21-15)11-6-10(8(2)3)12-7-13(11)31-34(26,27)32-33(24,25)30-12;/h6-8H,5H2,1-4H3,(H,19,23)(H,24,25)(H,26,27);/q;+2/p-2. The second-order valence-electron chi connectivity index (χ2n) is 7.43. The van der Waals surface area contributed by atoms with Crippen molar-refractivity contribution in [2.75, 3.05) is 6.54 Å². The fourth-order valence-corrected chi connectivity index (χ4v) is 5.28. The van der Waals surface area contributed by atoms with E-state index in [1.165, 1.54) is 13.0 Å². The Morgan fingerprint density at radius 2 is 1.74 bits per heavy atom. The van der Waals surface area contributed by atoms with Crippen molar-refractivity contribution in [1.29, 1.82) is 0 Å². The molecule has 14 nitrogen and oxygen atoms in total. The smallest absolute Gasteiger partial charge is 0.746 e. The maximum atomic E-state index is 12.6. The van der Waals surface area contributed by atoms with Crippen LogP contribution in [0.4, 0.5) is 0 Å². The summed E-state index contributed by atoms with van der Waals surface area (Å²) in [7, 11) is -10.7. The number of amides is 1. The minimum Gasteiger partial charge on any atom is -0.746 e. The number of phosphoric ester groups is 2. The Morgan fingerprint density at radius 1 is 1.09 bits per heavy atom. The molecule has 2 bridgehead atoms. The Kier molecular flexibility index (Phi) is 8.20. The Balaban J connectivity index is 0.00000342. The van der Waals surface area contributed by atoms with Gasteiger partial charge in [-0.3, -0.25) is 13.9 Å². The zero-order valence-electron chi connectivity index (χ0n) is 19.0. The quantitative estimate of drug-likeness (QED) is 0.355. The normalized spacial score (nSPS) is 21.3. The minimum absolute atomic E-state index is 0. The summed E-state index contributed by atoms with van der Waals surface area (Å²) in [6.07, 6.45) is 0. The van der Waals surface area contributed by atoms with E-state index < -0.39 is 27.3 Å². The van der Waals surface area contributed by atoms with Gasteiger partial charge in [-0.2, -0.15) is 4.98 Å². The van der Waals surface area contributed by atoms with Crippen LogP contribution >= 0.6 is 15.6 Å². The molecule has 1 aliphatic rings. The van der Waals surface area contributed by atoms with Gasteiger partial charge in [-0.05, 0) is 24.5 Å². The maximum absolute atomic E-state index is 12.6. The third-order valence-corrected chi connectivity index (χ3v) is 7.04. The average molecular weight is 552 g/mol. The van der Waals surface area contributed by atoms with Crippen molar-refractivity contribution in [2.24, 2.45) is 0 Å². The fourth-order valence-electron chi connectivity index (χ4n) is 3.24. The Bertz CT molecular complexity index is 1370. The van der Waals surface area contributed by atoms with Crippen molar-refractivity contribution in [3.05, 3.63) is 29.3 Å². The van der Waals surface area contributed by atoms with E-state index >= 15 is 0 Å². The van der Waals surface area contributed by atoms with Gasteiger partial charge in [-0.15, -0.1) is 0 Å². The van der Waals surface area contributed by atoms with Gasteiger partial charge in [0.1, 0.15) is 17.1 Å². The summed E-state index contributed by atoms with van der Waals surface area (Å²) in [5.74, 6) is -1.49. The molecule has 2 unspecified atom stereocenters. The third-order valence-electron chi connectivity index (χ3n) is 4.59. The number of nitrogens with one attached hydrogen (secondary N) is 1. The molecule has 3 aromatic rings.